The quantitative estimate of drug-likeness (QED) is 0.850. The van der Waals surface area contributed by atoms with E-state index in [0.717, 1.165) is 38.3 Å². The van der Waals surface area contributed by atoms with Crippen LogP contribution in [0.2, 0.25) is 0 Å². The maximum absolute atomic E-state index is 5.95. The van der Waals surface area contributed by atoms with Crippen LogP contribution in [0.3, 0.4) is 0 Å². The number of benzene rings is 2. The third kappa shape index (κ3) is 3.25. The zero-order chi connectivity index (χ0) is 14.7. The lowest BCUT2D eigenvalue weighted by Gasteiger charge is -2.15. The van der Waals surface area contributed by atoms with Gasteiger partial charge < -0.3 is 15.2 Å². The number of hydrogen-bond acceptors (Lipinski definition) is 3. The molecule has 0 saturated heterocycles. The van der Waals surface area contributed by atoms with E-state index in [9.17, 15) is 0 Å². The summed E-state index contributed by atoms with van der Waals surface area (Å²) in [6.07, 6.45) is 0. The second kappa shape index (κ2) is 6.18. The molecule has 0 radical (unpaired) electrons. The lowest BCUT2D eigenvalue weighted by molar-refractivity contribution is 0.293. The van der Waals surface area contributed by atoms with Crippen LogP contribution in [-0.2, 0) is 6.61 Å². The van der Waals surface area contributed by atoms with Gasteiger partial charge in [0.25, 0.3) is 0 Å². The summed E-state index contributed by atoms with van der Waals surface area (Å²) in [4.78, 5) is 0. The summed E-state index contributed by atoms with van der Waals surface area (Å²) in [5.74, 6) is 1.69. The first kappa shape index (κ1) is 14.7. The number of anilines is 1. The molecule has 0 heterocycles. The molecule has 20 heavy (non-hydrogen) atoms. The fraction of sp³-hybridized carbons (Fsp3) is 0.250. The zero-order valence-electron chi connectivity index (χ0n) is 11.9. The highest BCUT2D eigenvalue weighted by Gasteiger charge is 2.09. The number of methoxy groups -OCH3 is 1. The van der Waals surface area contributed by atoms with E-state index in [1.165, 1.54) is 0 Å². The minimum atomic E-state index is 0.453. The van der Waals surface area contributed by atoms with Crippen LogP contribution in [0.4, 0.5) is 5.69 Å². The van der Waals surface area contributed by atoms with Gasteiger partial charge in [-0.3, -0.25) is 0 Å². The van der Waals surface area contributed by atoms with Crippen molar-refractivity contribution < 1.29 is 9.47 Å². The SMILES string of the molecule is COc1ccc(Br)cc1COc1c(C)cc(N)cc1C. The first-order valence-electron chi connectivity index (χ1n) is 6.33. The Labute approximate surface area is 127 Å². The molecule has 0 saturated carbocycles. The van der Waals surface area contributed by atoms with E-state index < -0.39 is 0 Å². The highest BCUT2D eigenvalue weighted by atomic mass is 79.9. The number of aryl methyl sites for hydroxylation is 2. The summed E-state index contributed by atoms with van der Waals surface area (Å²) >= 11 is 3.46. The fourth-order valence-corrected chi connectivity index (χ4v) is 2.63. The molecular weight excluding hydrogens is 318 g/mol. The van der Waals surface area contributed by atoms with Crippen LogP contribution in [0.5, 0.6) is 11.5 Å². The molecular formula is C16H18BrNO2. The van der Waals surface area contributed by atoms with E-state index in [1.54, 1.807) is 7.11 Å². The molecule has 0 aliphatic rings. The Bertz CT molecular complexity index is 603. The van der Waals surface area contributed by atoms with Crippen molar-refractivity contribution in [3.63, 3.8) is 0 Å². The Morgan fingerprint density at radius 3 is 2.35 bits per heavy atom. The Hall–Kier alpha value is -1.68. The van der Waals surface area contributed by atoms with E-state index in [4.69, 9.17) is 15.2 Å². The maximum atomic E-state index is 5.95. The highest BCUT2D eigenvalue weighted by Crippen LogP contribution is 2.29. The summed E-state index contributed by atoms with van der Waals surface area (Å²) in [6, 6.07) is 9.70. The van der Waals surface area contributed by atoms with Gasteiger partial charge in [-0.25, -0.2) is 0 Å². The van der Waals surface area contributed by atoms with Crippen LogP contribution in [0.25, 0.3) is 0 Å². The van der Waals surface area contributed by atoms with Crippen LogP contribution >= 0.6 is 15.9 Å². The summed E-state index contributed by atoms with van der Waals surface area (Å²) in [6.45, 7) is 4.45. The third-order valence-corrected chi connectivity index (χ3v) is 3.59. The van der Waals surface area contributed by atoms with Gasteiger partial charge in [0.05, 0.1) is 7.11 Å². The van der Waals surface area contributed by atoms with Crippen LogP contribution in [0.15, 0.2) is 34.8 Å². The fourth-order valence-electron chi connectivity index (χ4n) is 2.22. The molecule has 0 atom stereocenters. The summed E-state index contributed by atoms with van der Waals surface area (Å²) < 4.78 is 12.3. The Morgan fingerprint density at radius 2 is 1.75 bits per heavy atom. The zero-order valence-corrected chi connectivity index (χ0v) is 13.5. The van der Waals surface area contributed by atoms with Crippen molar-refractivity contribution in [3.8, 4) is 11.5 Å². The minimum Gasteiger partial charge on any atom is -0.496 e. The molecule has 0 bridgehead atoms. The topological polar surface area (TPSA) is 44.5 Å². The molecule has 2 aromatic rings. The monoisotopic (exact) mass is 335 g/mol. The molecule has 4 heteroatoms. The van der Waals surface area contributed by atoms with Gasteiger partial charge >= 0.3 is 0 Å². The standard InChI is InChI=1S/C16H18BrNO2/c1-10-6-14(18)7-11(2)16(10)20-9-12-8-13(17)4-5-15(12)19-3/h4-8H,9,18H2,1-3H3. The molecule has 0 spiro atoms. The molecule has 3 nitrogen and oxygen atoms in total. The van der Waals surface area contributed by atoms with Gasteiger partial charge in [0.1, 0.15) is 18.1 Å². The molecule has 0 amide bonds. The molecule has 106 valence electrons. The van der Waals surface area contributed by atoms with Crippen molar-refractivity contribution in [2.24, 2.45) is 0 Å². The molecule has 2 rings (SSSR count). The van der Waals surface area contributed by atoms with Crippen molar-refractivity contribution in [3.05, 3.63) is 51.5 Å². The molecule has 0 unspecified atom stereocenters. The lowest BCUT2D eigenvalue weighted by Crippen LogP contribution is -2.02. The van der Waals surface area contributed by atoms with Crippen molar-refractivity contribution >= 4 is 21.6 Å². The largest absolute Gasteiger partial charge is 0.496 e. The van der Waals surface area contributed by atoms with E-state index in [2.05, 4.69) is 15.9 Å². The van der Waals surface area contributed by atoms with E-state index >= 15 is 0 Å². The normalized spacial score (nSPS) is 10.4. The number of nitrogen functional groups attached to an aromatic ring is 1. The molecule has 0 aliphatic heterocycles. The number of hydrogen-bond donors (Lipinski definition) is 1. The molecule has 0 fully saturated rings. The maximum Gasteiger partial charge on any atom is 0.125 e. The highest BCUT2D eigenvalue weighted by molar-refractivity contribution is 9.10. The molecule has 0 aliphatic carbocycles. The van der Waals surface area contributed by atoms with Gasteiger partial charge in [0, 0.05) is 15.7 Å². The summed E-state index contributed by atoms with van der Waals surface area (Å²) in [5.41, 5.74) is 9.65. The van der Waals surface area contributed by atoms with Gasteiger partial charge in [0.2, 0.25) is 0 Å². The molecule has 2 aromatic carbocycles. The first-order chi connectivity index (χ1) is 9.51. The lowest BCUT2D eigenvalue weighted by atomic mass is 10.1. The number of nitrogens with two attached hydrogens (primary N) is 1. The van der Waals surface area contributed by atoms with Gasteiger partial charge in [0.15, 0.2) is 0 Å². The number of rotatable bonds is 4. The predicted octanol–water partition coefficient (Wildman–Crippen LogP) is 4.24. The van der Waals surface area contributed by atoms with E-state index in [-0.39, 0.29) is 0 Å². The summed E-state index contributed by atoms with van der Waals surface area (Å²) in [5, 5.41) is 0. The second-order valence-electron chi connectivity index (χ2n) is 4.73. The summed E-state index contributed by atoms with van der Waals surface area (Å²) in [7, 11) is 1.66. The molecule has 2 N–H and O–H groups in total. The van der Waals surface area contributed by atoms with Gasteiger partial charge in [-0.05, 0) is 55.3 Å². The smallest absolute Gasteiger partial charge is 0.125 e. The third-order valence-electron chi connectivity index (χ3n) is 3.10. The van der Waals surface area contributed by atoms with Gasteiger partial charge in [-0.1, -0.05) is 15.9 Å². The van der Waals surface area contributed by atoms with Crippen molar-refractivity contribution in [1.82, 2.24) is 0 Å². The Kier molecular flexibility index (Phi) is 4.55. The number of ether oxygens (including phenoxy) is 2. The number of halogens is 1. The van der Waals surface area contributed by atoms with Gasteiger partial charge in [-0.2, -0.15) is 0 Å². The van der Waals surface area contributed by atoms with Crippen LogP contribution in [0.1, 0.15) is 16.7 Å². The van der Waals surface area contributed by atoms with E-state index in [1.807, 2.05) is 44.2 Å². The second-order valence-corrected chi connectivity index (χ2v) is 5.64. The van der Waals surface area contributed by atoms with Gasteiger partial charge in [-0.15, -0.1) is 0 Å². The predicted molar refractivity (Wildman–Crippen MR) is 85.4 cm³/mol. The average molecular weight is 336 g/mol. The Morgan fingerprint density at radius 1 is 1.10 bits per heavy atom. The minimum absolute atomic E-state index is 0.453. The first-order valence-corrected chi connectivity index (χ1v) is 7.12. The molecule has 0 aromatic heterocycles. The van der Waals surface area contributed by atoms with Crippen LogP contribution in [0, 0.1) is 13.8 Å². The van der Waals surface area contributed by atoms with E-state index in [0.29, 0.717) is 6.61 Å². The van der Waals surface area contributed by atoms with Crippen molar-refractivity contribution in [2.45, 2.75) is 20.5 Å². The van der Waals surface area contributed by atoms with Crippen molar-refractivity contribution in [1.29, 1.82) is 0 Å². The van der Waals surface area contributed by atoms with Crippen molar-refractivity contribution in [2.75, 3.05) is 12.8 Å². The van der Waals surface area contributed by atoms with Crippen LogP contribution in [-0.4, -0.2) is 7.11 Å². The Balaban J connectivity index is 2.23. The average Bonchev–Trinajstić information content (AvgIpc) is 2.37. The van der Waals surface area contributed by atoms with Crippen LogP contribution < -0.4 is 15.2 Å².